The monoisotopic (exact) mass is 211 g/mol. The van der Waals surface area contributed by atoms with Gasteiger partial charge in [0.15, 0.2) is 0 Å². The van der Waals surface area contributed by atoms with E-state index in [4.69, 9.17) is 0 Å². The van der Waals surface area contributed by atoms with E-state index in [0.717, 1.165) is 0 Å². The van der Waals surface area contributed by atoms with Gasteiger partial charge >= 0.3 is 34.1 Å². The predicted octanol–water partition coefficient (Wildman–Crippen LogP) is -3.16. The molecule has 7 heteroatoms. The molecule has 0 unspecified atom stereocenters. The van der Waals surface area contributed by atoms with Crippen LogP contribution in [0.1, 0.15) is 0 Å². The summed E-state index contributed by atoms with van der Waals surface area (Å²) in [6.45, 7) is 0. The van der Waals surface area contributed by atoms with Gasteiger partial charge in [0.25, 0.3) is 0 Å². The summed E-state index contributed by atoms with van der Waals surface area (Å²) >= 11 is 0. The van der Waals surface area contributed by atoms with E-state index in [1.54, 1.807) is 15.0 Å². The van der Waals surface area contributed by atoms with E-state index in [2.05, 4.69) is 0 Å². The van der Waals surface area contributed by atoms with Gasteiger partial charge in [-0.1, -0.05) is 0 Å². The third-order valence-electron chi connectivity index (χ3n) is 0.681. The first-order valence-corrected chi connectivity index (χ1v) is 2.11. The fourth-order valence-electron chi connectivity index (χ4n) is 0.403. The Morgan fingerprint density at radius 1 is 0.700 bits per heavy atom. The summed E-state index contributed by atoms with van der Waals surface area (Å²) in [5.74, 6) is 0. The maximum atomic E-state index is 10.2. The third-order valence-corrected chi connectivity index (χ3v) is 0.681. The summed E-state index contributed by atoms with van der Waals surface area (Å²) in [6.07, 6.45) is 0. The van der Waals surface area contributed by atoms with E-state index >= 15 is 0 Å². The average Bonchev–Trinajstić information content (AvgIpc) is 1.59. The summed E-state index contributed by atoms with van der Waals surface area (Å²) in [7, 11) is 0. The molecule has 0 amide bonds. The Balaban J connectivity index is 0.000000810. The molecule has 0 atom stereocenters. The minimum absolute atomic E-state index is 0. The van der Waals surface area contributed by atoms with Gasteiger partial charge in [-0.2, -0.15) is 0 Å². The van der Waals surface area contributed by atoms with Gasteiger partial charge in [0.1, 0.15) is 0 Å². The van der Waals surface area contributed by atoms with Crippen LogP contribution in [0.4, 0.5) is 0 Å². The van der Waals surface area contributed by atoms with Crippen molar-refractivity contribution >= 4 is 17.1 Å². The van der Waals surface area contributed by atoms with Gasteiger partial charge in [-0.3, -0.25) is 15.0 Å². The Kier molecular flexibility index (Phi) is 2.85. The van der Waals surface area contributed by atoms with Crippen LogP contribution < -0.4 is 17.1 Å². The van der Waals surface area contributed by atoms with Gasteiger partial charge in [0.05, 0.1) is 0 Å². The molecule has 0 aliphatic carbocycles. The van der Waals surface area contributed by atoms with Crippen molar-refractivity contribution in [1.29, 1.82) is 0 Å². The fourth-order valence-corrected chi connectivity index (χ4v) is 0.403. The topological polar surface area (TPSA) is 98.6 Å². The van der Waals surface area contributed by atoms with Crippen molar-refractivity contribution in [3.05, 3.63) is 31.5 Å². The number of aromatic amines is 3. The number of H-pyrrole nitrogens is 3. The van der Waals surface area contributed by atoms with E-state index in [1.165, 1.54) is 0 Å². The number of hydrogen-bond donors (Lipinski definition) is 3. The number of rotatable bonds is 0. The van der Waals surface area contributed by atoms with E-state index in [0.29, 0.717) is 0 Å². The molecule has 0 aliphatic rings. The van der Waals surface area contributed by atoms with Crippen LogP contribution >= 0.6 is 0 Å². The molecule has 0 saturated carbocycles. The van der Waals surface area contributed by atoms with Crippen molar-refractivity contribution in [2.24, 2.45) is 0 Å². The molecule has 1 rings (SSSR count). The van der Waals surface area contributed by atoms with Crippen LogP contribution in [0.25, 0.3) is 0 Å². The summed E-state index contributed by atoms with van der Waals surface area (Å²) in [5.41, 5.74) is -2.41. The number of aromatic nitrogens is 3. The Morgan fingerprint density at radius 2 is 0.900 bits per heavy atom. The molecule has 10 heavy (non-hydrogen) atoms. The van der Waals surface area contributed by atoms with Crippen LogP contribution in [0, 0.1) is 0 Å². The third kappa shape index (κ3) is 2.04. The first-order chi connectivity index (χ1) is 4.18. The quantitative estimate of drug-likeness (QED) is 0.394. The summed E-state index contributed by atoms with van der Waals surface area (Å²) in [6, 6.07) is 0. The van der Waals surface area contributed by atoms with Crippen molar-refractivity contribution in [2.75, 3.05) is 0 Å². The van der Waals surface area contributed by atoms with Gasteiger partial charge in [0, 0.05) is 0 Å². The first kappa shape index (κ1) is 8.93. The molecule has 1 heterocycles. The van der Waals surface area contributed by atoms with Gasteiger partial charge in [-0.15, -0.1) is 0 Å². The summed E-state index contributed by atoms with van der Waals surface area (Å²) in [5, 5.41) is 0. The molecule has 1 aromatic rings. The van der Waals surface area contributed by atoms with Crippen molar-refractivity contribution in [3.63, 3.8) is 0 Å². The number of nitrogens with one attached hydrogen (secondary N) is 3. The number of hydrogen-bond acceptors (Lipinski definition) is 3. The van der Waals surface area contributed by atoms with E-state index in [9.17, 15) is 14.4 Å². The Hall–Kier alpha value is -1.07. The van der Waals surface area contributed by atoms with Crippen LogP contribution in [-0.4, -0.2) is 32.0 Å². The zero-order valence-corrected chi connectivity index (χ0v) is 6.82. The first-order valence-electron chi connectivity index (χ1n) is 2.11. The Morgan fingerprint density at radius 3 is 1.10 bits per heavy atom. The molecule has 0 fully saturated rings. The zero-order valence-electron chi connectivity index (χ0n) is 4.72. The molecule has 0 spiro atoms. The Bertz CT molecular complexity index is 281. The van der Waals surface area contributed by atoms with Gasteiger partial charge < -0.3 is 0 Å². The molecule has 0 radical (unpaired) electrons. The van der Waals surface area contributed by atoms with Gasteiger partial charge in [0.2, 0.25) is 0 Å². The molecule has 0 aliphatic heterocycles. The molecule has 0 bridgehead atoms. The molecule has 0 saturated heterocycles. The molecule has 0 aromatic carbocycles. The van der Waals surface area contributed by atoms with Crippen LogP contribution in [0.15, 0.2) is 14.4 Å². The molecular formula is C3H5N3O3Se. The van der Waals surface area contributed by atoms with Crippen molar-refractivity contribution in [1.82, 2.24) is 15.0 Å². The second-order valence-corrected chi connectivity index (χ2v) is 1.36. The normalized spacial score (nSPS) is 8.40. The van der Waals surface area contributed by atoms with E-state index in [1.807, 2.05) is 0 Å². The van der Waals surface area contributed by atoms with Crippen molar-refractivity contribution in [3.8, 4) is 0 Å². The van der Waals surface area contributed by atoms with Gasteiger partial charge in [-0.05, 0) is 0 Å². The molecule has 3 N–H and O–H groups in total. The average molecular weight is 210 g/mol. The molecule has 6 nitrogen and oxygen atoms in total. The van der Waals surface area contributed by atoms with Crippen LogP contribution in [0.5, 0.6) is 0 Å². The fraction of sp³-hybridized carbons (Fsp3) is 0. The van der Waals surface area contributed by atoms with E-state index in [-0.39, 0.29) is 17.1 Å². The SMILES string of the molecule is O=c1[nH]c(=O)[nH]c(=O)[nH]1.[SeH2]. The van der Waals surface area contributed by atoms with Crippen molar-refractivity contribution in [2.45, 2.75) is 0 Å². The van der Waals surface area contributed by atoms with E-state index < -0.39 is 17.1 Å². The molecule has 1 aromatic heterocycles. The summed E-state index contributed by atoms with van der Waals surface area (Å²) < 4.78 is 0. The molecule has 56 valence electrons. The second kappa shape index (κ2) is 3.19. The van der Waals surface area contributed by atoms with Crippen LogP contribution in [0.3, 0.4) is 0 Å². The second-order valence-electron chi connectivity index (χ2n) is 1.36. The Labute approximate surface area is 64.2 Å². The standard InChI is InChI=1S/C3H3N3O3.H2Se/c7-1-4-2(8)6-3(9)5-1;/h(H3,4,5,6,7,8,9);1H2. The zero-order chi connectivity index (χ0) is 6.85. The predicted molar refractivity (Wildman–Crippen MR) is 36.8 cm³/mol. The summed E-state index contributed by atoms with van der Waals surface area (Å²) in [4.78, 5) is 35.9. The maximum absolute atomic E-state index is 10.2. The van der Waals surface area contributed by atoms with Gasteiger partial charge in [-0.25, -0.2) is 14.4 Å². The van der Waals surface area contributed by atoms with Crippen LogP contribution in [-0.2, 0) is 0 Å². The van der Waals surface area contributed by atoms with Crippen molar-refractivity contribution < 1.29 is 0 Å². The minimum atomic E-state index is -0.802. The van der Waals surface area contributed by atoms with Crippen LogP contribution in [0.2, 0.25) is 0 Å². The molecular weight excluding hydrogens is 205 g/mol.